The summed E-state index contributed by atoms with van der Waals surface area (Å²) < 4.78 is 22.5. The second kappa shape index (κ2) is 6.92. The molecule has 0 aromatic heterocycles. The third kappa shape index (κ3) is 2.38. The van der Waals surface area contributed by atoms with E-state index in [1.807, 2.05) is 18.2 Å². The van der Waals surface area contributed by atoms with Crippen molar-refractivity contribution in [1.82, 2.24) is 0 Å². The summed E-state index contributed by atoms with van der Waals surface area (Å²) in [6.45, 7) is 1.33. The highest BCUT2D eigenvalue weighted by atomic mass is 16.7. The van der Waals surface area contributed by atoms with E-state index in [0.717, 1.165) is 6.07 Å². The molecule has 2 aromatic rings. The first-order valence-corrected chi connectivity index (χ1v) is 10.1. The first-order valence-electron chi connectivity index (χ1n) is 10.1. The van der Waals surface area contributed by atoms with Gasteiger partial charge in [0.2, 0.25) is 23.9 Å². The highest BCUT2D eigenvalue weighted by Crippen LogP contribution is 2.70. The van der Waals surface area contributed by atoms with Crippen LogP contribution in [0.4, 0.5) is 5.69 Å². The van der Waals surface area contributed by atoms with Crippen LogP contribution in [0.1, 0.15) is 30.1 Å². The van der Waals surface area contributed by atoms with Crippen LogP contribution in [-0.2, 0) is 9.47 Å². The van der Waals surface area contributed by atoms with Crippen molar-refractivity contribution >= 4 is 11.6 Å². The van der Waals surface area contributed by atoms with Gasteiger partial charge in [-0.1, -0.05) is 30.3 Å². The van der Waals surface area contributed by atoms with Crippen molar-refractivity contribution < 1.29 is 23.9 Å². The molecule has 0 radical (unpaired) electrons. The number of nitro groups is 1. The van der Waals surface area contributed by atoms with E-state index in [9.17, 15) is 25.9 Å². The molecule has 11 heteroatoms. The van der Waals surface area contributed by atoms with Crippen molar-refractivity contribution in [3.05, 3.63) is 63.7 Å². The fourth-order valence-corrected chi connectivity index (χ4v) is 5.23. The van der Waals surface area contributed by atoms with Gasteiger partial charge in [-0.05, 0) is 11.6 Å². The van der Waals surface area contributed by atoms with Crippen LogP contribution in [0.3, 0.4) is 0 Å². The number of benzene rings is 2. The Bertz CT molecular complexity index is 1360. The molecule has 2 aromatic carbocycles. The average molecular weight is 457 g/mol. The van der Waals surface area contributed by atoms with Gasteiger partial charge in [-0.25, -0.2) is 0 Å². The number of hydrogen-bond donors (Lipinski definition) is 1. The van der Waals surface area contributed by atoms with Crippen LogP contribution in [0.15, 0.2) is 42.5 Å². The van der Waals surface area contributed by atoms with E-state index >= 15 is 0 Å². The maximum absolute atomic E-state index is 12.0. The van der Waals surface area contributed by atoms with Gasteiger partial charge < -0.3 is 18.9 Å². The molecule has 34 heavy (non-hydrogen) atoms. The summed E-state index contributed by atoms with van der Waals surface area (Å²) in [7, 11) is 0. The summed E-state index contributed by atoms with van der Waals surface area (Å²) in [6, 6.07) is 16.7. The molecule has 2 fully saturated rings. The third-order valence-electron chi connectivity index (χ3n) is 6.65. The smallest absolute Gasteiger partial charge is 0.279 e. The number of fused-ring (bicyclic) bond motifs is 3. The van der Waals surface area contributed by atoms with E-state index in [2.05, 4.69) is 0 Å². The van der Waals surface area contributed by atoms with Gasteiger partial charge in [0.25, 0.3) is 5.69 Å². The van der Waals surface area contributed by atoms with Crippen LogP contribution in [-0.4, -0.2) is 23.4 Å². The predicted octanol–water partition coefficient (Wildman–Crippen LogP) is 3.45. The van der Waals surface area contributed by atoms with Gasteiger partial charge in [0.1, 0.15) is 6.10 Å². The first kappa shape index (κ1) is 21.2. The Balaban J connectivity index is 1.83. The summed E-state index contributed by atoms with van der Waals surface area (Å²) >= 11 is 0. The molecule has 0 aliphatic carbocycles. The number of rotatable bonds is 3. The van der Waals surface area contributed by atoms with Crippen molar-refractivity contribution in [3.8, 4) is 29.7 Å². The summed E-state index contributed by atoms with van der Waals surface area (Å²) in [5.41, 5.74) is -4.63. The van der Waals surface area contributed by atoms with Crippen LogP contribution in [0.25, 0.3) is 0 Å². The molecular weight excluding hydrogens is 442 g/mol. The SMILES string of the molecule is CC12OC(=N)C(C#N)(C1c1ccccc1)C(C#N)(C#N)C(c1cc3c(cc1[N+](=O)[O-])OCO3)O2. The minimum absolute atomic E-state index is 0.126. The van der Waals surface area contributed by atoms with Gasteiger partial charge in [-0.3, -0.25) is 15.5 Å². The van der Waals surface area contributed by atoms with E-state index in [-0.39, 0.29) is 23.9 Å². The van der Waals surface area contributed by atoms with Gasteiger partial charge in [-0.15, -0.1) is 0 Å². The topological polar surface area (TPSA) is 175 Å². The van der Waals surface area contributed by atoms with Gasteiger partial charge in [0.05, 0.1) is 40.7 Å². The van der Waals surface area contributed by atoms with Gasteiger partial charge in [-0.2, -0.15) is 15.8 Å². The second-order valence-corrected chi connectivity index (χ2v) is 8.26. The Morgan fingerprint density at radius 3 is 2.32 bits per heavy atom. The molecule has 3 aliphatic heterocycles. The minimum atomic E-state index is -2.38. The van der Waals surface area contributed by atoms with E-state index in [4.69, 9.17) is 24.4 Å². The lowest BCUT2D eigenvalue weighted by molar-refractivity contribution is -0.387. The summed E-state index contributed by atoms with van der Waals surface area (Å²) in [4.78, 5) is 11.3. The molecule has 3 aliphatic rings. The zero-order valence-electron chi connectivity index (χ0n) is 17.6. The summed E-state index contributed by atoms with van der Waals surface area (Å²) in [6.07, 6.45) is -1.62. The number of nitrogens with zero attached hydrogens (tertiary/aromatic N) is 4. The monoisotopic (exact) mass is 457 g/mol. The van der Waals surface area contributed by atoms with Gasteiger partial charge in [0.15, 0.2) is 16.9 Å². The lowest BCUT2D eigenvalue weighted by Gasteiger charge is -2.48. The Morgan fingerprint density at radius 1 is 1.09 bits per heavy atom. The number of hydrogen-bond acceptors (Lipinski definition) is 10. The molecular formula is C23H15N5O6. The first-order chi connectivity index (χ1) is 16.3. The molecule has 2 bridgehead atoms. The third-order valence-corrected chi connectivity index (χ3v) is 6.65. The minimum Gasteiger partial charge on any atom is -0.454 e. The van der Waals surface area contributed by atoms with Crippen molar-refractivity contribution in [2.24, 2.45) is 10.8 Å². The van der Waals surface area contributed by atoms with E-state index in [1.165, 1.54) is 13.0 Å². The second-order valence-electron chi connectivity index (χ2n) is 8.26. The van der Waals surface area contributed by atoms with Gasteiger partial charge >= 0.3 is 0 Å². The van der Waals surface area contributed by atoms with Crippen molar-refractivity contribution in [2.45, 2.75) is 24.7 Å². The molecule has 4 atom stereocenters. The molecule has 5 rings (SSSR count). The maximum atomic E-state index is 12.0. The van der Waals surface area contributed by atoms with Crippen molar-refractivity contribution in [1.29, 1.82) is 21.2 Å². The zero-order chi connectivity index (χ0) is 24.3. The van der Waals surface area contributed by atoms with E-state index in [0.29, 0.717) is 5.56 Å². The van der Waals surface area contributed by atoms with Crippen LogP contribution in [0, 0.1) is 60.3 Å². The lowest BCUT2D eigenvalue weighted by atomic mass is 9.52. The Hall–Kier alpha value is -4.66. The van der Waals surface area contributed by atoms with E-state index in [1.54, 1.807) is 30.3 Å². The Kier molecular flexibility index (Phi) is 4.31. The van der Waals surface area contributed by atoms with Crippen LogP contribution in [0.2, 0.25) is 0 Å². The standard InChI is InChI=1S/C23H15N5O6/c1-21-18(13-5-3-2-4-6-13)23(11-26,20(27)34-21)22(9-24,10-25)19(33-21)14-7-16-17(32-12-31-16)8-15(14)28(29)30/h2-8,18-19,27H,12H2,1H3. The molecule has 2 saturated heterocycles. The van der Waals surface area contributed by atoms with E-state index < -0.39 is 45.1 Å². The molecule has 11 nitrogen and oxygen atoms in total. The maximum Gasteiger partial charge on any atom is 0.279 e. The normalized spacial score (nSPS) is 29.9. The molecule has 4 unspecified atom stereocenters. The molecule has 0 amide bonds. The predicted molar refractivity (Wildman–Crippen MR) is 111 cm³/mol. The number of ether oxygens (including phenoxy) is 4. The molecule has 0 spiro atoms. The summed E-state index contributed by atoms with van der Waals surface area (Å²) in [5, 5.41) is 51.8. The Morgan fingerprint density at radius 2 is 1.74 bits per heavy atom. The number of nitro benzene ring substituents is 1. The molecule has 1 N–H and O–H groups in total. The van der Waals surface area contributed by atoms with Crippen LogP contribution >= 0.6 is 0 Å². The highest BCUT2D eigenvalue weighted by molar-refractivity contribution is 5.90. The summed E-state index contributed by atoms with van der Waals surface area (Å²) in [5.74, 6) is -3.04. The Labute approximate surface area is 192 Å². The van der Waals surface area contributed by atoms with Crippen LogP contribution in [0.5, 0.6) is 11.5 Å². The lowest BCUT2D eigenvalue weighted by Crippen LogP contribution is -2.57. The molecule has 3 heterocycles. The fraction of sp³-hybridized carbons (Fsp3) is 0.304. The number of nitrogens with one attached hydrogen (secondary N) is 1. The highest BCUT2D eigenvalue weighted by Gasteiger charge is 2.80. The van der Waals surface area contributed by atoms with Crippen LogP contribution < -0.4 is 9.47 Å². The average Bonchev–Trinajstić information content (AvgIpc) is 3.36. The van der Waals surface area contributed by atoms with Gasteiger partial charge in [0, 0.05) is 6.92 Å². The largest absolute Gasteiger partial charge is 0.454 e. The van der Waals surface area contributed by atoms with Crippen molar-refractivity contribution in [3.63, 3.8) is 0 Å². The molecule has 0 saturated carbocycles. The zero-order valence-corrected chi connectivity index (χ0v) is 17.6. The fourth-order valence-electron chi connectivity index (χ4n) is 5.23. The molecule has 168 valence electrons. The van der Waals surface area contributed by atoms with Crippen molar-refractivity contribution in [2.75, 3.05) is 6.79 Å². The number of nitriles is 3. The quantitative estimate of drug-likeness (QED) is 0.534.